The second kappa shape index (κ2) is 9.03. The number of hydrogen-bond acceptors (Lipinski definition) is 5. The lowest BCUT2D eigenvalue weighted by Gasteiger charge is -2.34. The van der Waals surface area contributed by atoms with Crippen molar-refractivity contribution in [1.29, 1.82) is 0 Å². The largest absolute Gasteiger partial charge is 0.395 e. The van der Waals surface area contributed by atoms with Gasteiger partial charge in [0.25, 0.3) is 0 Å². The number of hydrogen-bond donors (Lipinski definition) is 3. The summed E-state index contributed by atoms with van der Waals surface area (Å²) in [4.78, 5) is 40.8. The topological polar surface area (TPSA) is 98.7 Å². The van der Waals surface area contributed by atoms with Gasteiger partial charge in [-0.1, -0.05) is 26.7 Å². The van der Waals surface area contributed by atoms with Crippen molar-refractivity contribution < 1.29 is 19.5 Å². The number of unbranched alkanes of at least 4 members (excludes halogenated alkanes) is 2. The van der Waals surface area contributed by atoms with Crippen molar-refractivity contribution in [3.63, 3.8) is 0 Å². The molecule has 3 N–H and O–H groups in total. The van der Waals surface area contributed by atoms with Crippen LogP contribution in [-0.4, -0.2) is 70.0 Å². The van der Waals surface area contributed by atoms with Gasteiger partial charge in [0.05, 0.1) is 23.2 Å². The Labute approximate surface area is 171 Å². The van der Waals surface area contributed by atoms with Gasteiger partial charge in [-0.25, -0.2) is 0 Å². The molecule has 1 spiro atoms. The smallest absolute Gasteiger partial charge is 0.244 e. The van der Waals surface area contributed by atoms with Crippen LogP contribution in [0.1, 0.15) is 52.4 Å². The maximum absolute atomic E-state index is 13.3. The van der Waals surface area contributed by atoms with Gasteiger partial charge in [-0.2, -0.15) is 0 Å². The van der Waals surface area contributed by atoms with E-state index in [1.165, 1.54) is 4.90 Å². The number of amides is 3. The van der Waals surface area contributed by atoms with E-state index in [0.717, 1.165) is 38.5 Å². The molecule has 3 fully saturated rings. The third kappa shape index (κ3) is 3.54. The summed E-state index contributed by atoms with van der Waals surface area (Å²) >= 11 is 1.67. The summed E-state index contributed by atoms with van der Waals surface area (Å²) in [6.45, 7) is 5.26. The number of carbonyl (C=O) groups excluding carboxylic acids is 3. The van der Waals surface area contributed by atoms with Crippen molar-refractivity contribution in [2.75, 3.05) is 26.2 Å². The molecule has 0 aliphatic carbocycles. The Kier molecular flexibility index (Phi) is 6.91. The van der Waals surface area contributed by atoms with Crippen LogP contribution in [0.15, 0.2) is 0 Å². The van der Waals surface area contributed by atoms with E-state index in [9.17, 15) is 19.5 Å². The standard InChI is InChI=1S/C20H33N3O4S/c1-3-5-6-10-22-18(26)16-20-8-7-13(28-20)14(17(25)21-9-4-2)15(20)19(27)23(16)11-12-24/h13-16,24H,3-12H2,1-2H3,(H,21,25)(H,22,26)/t13-,14+,15+,16?,20?/m1/s1. The molecule has 3 saturated heterocycles. The SMILES string of the molecule is CCCCCNC(=O)C1N(CCO)C(=O)[C@@H]2[C@@H](C(=O)NCCC)[C@H]3CCC12S3. The number of carbonyl (C=O) groups is 3. The van der Waals surface area contributed by atoms with E-state index < -0.39 is 16.7 Å². The first kappa shape index (κ1) is 21.4. The van der Waals surface area contributed by atoms with E-state index in [1.54, 1.807) is 11.8 Å². The third-order valence-corrected chi connectivity index (χ3v) is 8.27. The van der Waals surface area contributed by atoms with E-state index >= 15 is 0 Å². The van der Waals surface area contributed by atoms with Crippen LogP contribution in [0.25, 0.3) is 0 Å². The number of aliphatic hydroxyl groups excluding tert-OH is 1. The molecule has 0 radical (unpaired) electrons. The molecule has 3 heterocycles. The molecule has 158 valence electrons. The Hall–Kier alpha value is -1.28. The van der Waals surface area contributed by atoms with Gasteiger partial charge in [-0.15, -0.1) is 11.8 Å². The van der Waals surface area contributed by atoms with Gasteiger partial charge >= 0.3 is 0 Å². The van der Waals surface area contributed by atoms with Gasteiger partial charge < -0.3 is 20.6 Å². The molecule has 7 nitrogen and oxygen atoms in total. The minimum Gasteiger partial charge on any atom is -0.395 e. The second-order valence-corrected chi connectivity index (χ2v) is 9.70. The lowest BCUT2D eigenvalue weighted by atomic mass is 9.70. The summed E-state index contributed by atoms with van der Waals surface area (Å²) in [6, 6.07) is -0.599. The average Bonchev–Trinajstić information content (AvgIpc) is 3.31. The van der Waals surface area contributed by atoms with Crippen molar-refractivity contribution >= 4 is 29.5 Å². The van der Waals surface area contributed by atoms with Crippen LogP contribution in [0.4, 0.5) is 0 Å². The van der Waals surface area contributed by atoms with Crippen molar-refractivity contribution in [3.05, 3.63) is 0 Å². The predicted molar refractivity (Wildman–Crippen MR) is 109 cm³/mol. The summed E-state index contributed by atoms with van der Waals surface area (Å²) in [6.07, 6.45) is 5.51. The van der Waals surface area contributed by atoms with Crippen LogP contribution in [0.5, 0.6) is 0 Å². The van der Waals surface area contributed by atoms with Crippen molar-refractivity contribution in [2.24, 2.45) is 11.8 Å². The Bertz CT molecular complexity index is 616. The highest BCUT2D eigenvalue weighted by Gasteiger charge is 2.73. The predicted octanol–water partition coefficient (Wildman–Crippen LogP) is 0.903. The van der Waals surface area contributed by atoms with Crippen molar-refractivity contribution in [3.8, 4) is 0 Å². The second-order valence-electron chi connectivity index (χ2n) is 8.10. The average molecular weight is 412 g/mol. The first-order valence-corrected chi connectivity index (χ1v) is 11.5. The fourth-order valence-electron chi connectivity index (χ4n) is 5.15. The van der Waals surface area contributed by atoms with Crippen LogP contribution in [-0.2, 0) is 14.4 Å². The van der Waals surface area contributed by atoms with Gasteiger partial charge in [0, 0.05) is 24.9 Å². The van der Waals surface area contributed by atoms with Crippen molar-refractivity contribution in [1.82, 2.24) is 15.5 Å². The highest BCUT2D eigenvalue weighted by molar-refractivity contribution is 8.02. The van der Waals surface area contributed by atoms with E-state index in [0.29, 0.717) is 13.1 Å². The molecule has 3 aliphatic rings. The van der Waals surface area contributed by atoms with Gasteiger partial charge in [0.2, 0.25) is 17.7 Å². The summed E-state index contributed by atoms with van der Waals surface area (Å²) in [5, 5.41) is 15.6. The number of β-amino-alcohol motifs (C(OH)–C–C–N with tert-alkyl or cyclic N) is 1. The Morgan fingerprint density at radius 1 is 1.18 bits per heavy atom. The number of thioether (sulfide) groups is 1. The van der Waals surface area contributed by atoms with Gasteiger partial charge in [-0.05, 0) is 25.7 Å². The molecule has 0 aromatic carbocycles. The van der Waals surface area contributed by atoms with E-state index in [1.807, 2.05) is 6.92 Å². The van der Waals surface area contributed by atoms with Crippen molar-refractivity contribution in [2.45, 2.75) is 68.4 Å². The Morgan fingerprint density at radius 2 is 1.93 bits per heavy atom. The third-order valence-electron chi connectivity index (χ3n) is 6.32. The molecule has 2 unspecified atom stereocenters. The number of nitrogens with zero attached hydrogens (tertiary/aromatic N) is 1. The molecule has 8 heteroatoms. The normalized spacial score (nSPS) is 33.2. The quantitative estimate of drug-likeness (QED) is 0.464. The molecule has 0 saturated carbocycles. The summed E-state index contributed by atoms with van der Waals surface area (Å²) in [5.41, 5.74) is 0. The van der Waals surface area contributed by atoms with Gasteiger partial charge in [0.1, 0.15) is 6.04 Å². The lowest BCUT2D eigenvalue weighted by molar-refractivity contribution is -0.140. The zero-order chi connectivity index (χ0) is 20.3. The molecule has 5 atom stereocenters. The Balaban J connectivity index is 1.83. The first-order valence-electron chi connectivity index (χ1n) is 10.7. The summed E-state index contributed by atoms with van der Waals surface area (Å²) in [5.74, 6) is -1.19. The van der Waals surface area contributed by atoms with Crippen LogP contribution in [0, 0.1) is 11.8 Å². The van der Waals surface area contributed by atoms with Crippen LogP contribution in [0.2, 0.25) is 0 Å². The number of aliphatic hydroxyl groups is 1. The van der Waals surface area contributed by atoms with E-state index in [4.69, 9.17) is 0 Å². The van der Waals surface area contributed by atoms with E-state index in [-0.39, 0.29) is 42.0 Å². The van der Waals surface area contributed by atoms with Gasteiger partial charge in [0.15, 0.2) is 0 Å². The molecule has 0 aromatic heterocycles. The highest BCUT2D eigenvalue weighted by atomic mass is 32.2. The molecule has 3 aliphatic heterocycles. The number of rotatable bonds is 10. The summed E-state index contributed by atoms with van der Waals surface area (Å²) < 4.78 is -0.542. The van der Waals surface area contributed by atoms with Crippen LogP contribution >= 0.6 is 11.8 Å². The fraction of sp³-hybridized carbons (Fsp3) is 0.850. The van der Waals surface area contributed by atoms with Gasteiger partial charge in [-0.3, -0.25) is 14.4 Å². The minimum absolute atomic E-state index is 0.0628. The zero-order valence-corrected chi connectivity index (χ0v) is 17.7. The molecule has 28 heavy (non-hydrogen) atoms. The molecule has 3 rings (SSSR count). The highest BCUT2D eigenvalue weighted by Crippen LogP contribution is 2.66. The summed E-state index contributed by atoms with van der Waals surface area (Å²) in [7, 11) is 0. The first-order chi connectivity index (χ1) is 13.5. The minimum atomic E-state index is -0.599. The molecular weight excluding hydrogens is 378 g/mol. The fourth-order valence-corrected chi connectivity index (χ4v) is 7.37. The molecule has 3 amide bonds. The number of fused-ring (bicyclic) bond motifs is 1. The molecular formula is C20H33N3O4S. The molecule has 0 aromatic rings. The monoisotopic (exact) mass is 411 g/mol. The molecule has 2 bridgehead atoms. The maximum Gasteiger partial charge on any atom is 0.244 e. The zero-order valence-electron chi connectivity index (χ0n) is 16.9. The van der Waals surface area contributed by atoms with Crippen LogP contribution in [0.3, 0.4) is 0 Å². The maximum atomic E-state index is 13.3. The van der Waals surface area contributed by atoms with E-state index in [2.05, 4.69) is 17.6 Å². The lowest BCUT2D eigenvalue weighted by Crippen LogP contribution is -2.54. The number of nitrogens with one attached hydrogen (secondary N) is 2. The van der Waals surface area contributed by atoms with Crippen LogP contribution < -0.4 is 10.6 Å². The number of likely N-dealkylation sites (tertiary alicyclic amines) is 1. The Morgan fingerprint density at radius 3 is 2.61 bits per heavy atom.